The van der Waals surface area contributed by atoms with Crippen molar-refractivity contribution in [2.45, 2.75) is 38.8 Å². The van der Waals surface area contributed by atoms with Crippen LogP contribution in [-0.2, 0) is 0 Å². The highest BCUT2D eigenvalue weighted by atomic mass is 35.5. The fourth-order valence-electron chi connectivity index (χ4n) is 1.69. The van der Waals surface area contributed by atoms with E-state index in [1.807, 2.05) is 0 Å². The molecule has 0 aliphatic carbocycles. The van der Waals surface area contributed by atoms with Crippen LogP contribution in [0.5, 0.6) is 0 Å². The van der Waals surface area contributed by atoms with Gasteiger partial charge in [-0.3, -0.25) is 0 Å². The highest BCUT2D eigenvalue weighted by Crippen LogP contribution is 2.13. The lowest BCUT2D eigenvalue weighted by atomic mass is 9.93. The summed E-state index contributed by atoms with van der Waals surface area (Å²) in [6.45, 7) is 11.0. The van der Waals surface area contributed by atoms with Gasteiger partial charge in [-0.1, -0.05) is 0 Å². The Balaban J connectivity index is 0. The lowest BCUT2D eigenvalue weighted by molar-refractivity contribution is 0.201. The number of piperazine rings is 1. The molecule has 1 saturated heterocycles. The first kappa shape index (κ1) is 15.0. The second kappa shape index (κ2) is 4.66. The van der Waals surface area contributed by atoms with Gasteiger partial charge in [-0.25, -0.2) is 0 Å². The van der Waals surface area contributed by atoms with Crippen LogP contribution in [0.4, 0.5) is 0 Å². The third-order valence-corrected chi connectivity index (χ3v) is 1.81. The standard InChI is InChI=1S/C8H18N2.2ClH/c1-7(2)5-9-6-8(3,4)10-7;;/h9-10H,5-6H2,1-4H3;2*1H. The molecule has 76 valence electrons. The molecule has 12 heavy (non-hydrogen) atoms. The molecule has 1 fully saturated rings. The van der Waals surface area contributed by atoms with E-state index in [9.17, 15) is 0 Å². The fraction of sp³-hybridized carbons (Fsp3) is 1.00. The van der Waals surface area contributed by atoms with Gasteiger partial charge in [0, 0.05) is 24.2 Å². The zero-order valence-electron chi connectivity index (χ0n) is 8.23. The van der Waals surface area contributed by atoms with Gasteiger partial charge < -0.3 is 10.6 Å². The second-order valence-corrected chi connectivity index (χ2v) is 4.50. The summed E-state index contributed by atoms with van der Waals surface area (Å²) in [5, 5.41) is 6.97. The van der Waals surface area contributed by atoms with Crippen LogP contribution in [0.3, 0.4) is 0 Å². The van der Waals surface area contributed by atoms with Gasteiger partial charge >= 0.3 is 0 Å². The molecule has 0 spiro atoms. The van der Waals surface area contributed by atoms with Crippen LogP contribution in [0.2, 0.25) is 0 Å². The molecule has 2 N–H and O–H groups in total. The Morgan fingerprint density at radius 1 is 0.833 bits per heavy atom. The molecular weight excluding hydrogens is 195 g/mol. The lowest BCUT2D eigenvalue weighted by Gasteiger charge is -2.42. The van der Waals surface area contributed by atoms with Crippen LogP contribution >= 0.6 is 24.8 Å². The molecule has 0 aromatic carbocycles. The Morgan fingerprint density at radius 3 is 1.33 bits per heavy atom. The zero-order valence-corrected chi connectivity index (χ0v) is 9.86. The highest BCUT2D eigenvalue weighted by Gasteiger charge is 2.31. The molecule has 1 aliphatic rings. The Labute approximate surface area is 87.7 Å². The van der Waals surface area contributed by atoms with Crippen molar-refractivity contribution in [3.05, 3.63) is 0 Å². The largest absolute Gasteiger partial charge is 0.313 e. The minimum Gasteiger partial charge on any atom is -0.313 e. The van der Waals surface area contributed by atoms with Crippen LogP contribution in [0, 0.1) is 0 Å². The first-order chi connectivity index (χ1) is 4.41. The SMILES string of the molecule is CC1(C)CNCC(C)(C)N1.Cl.Cl. The van der Waals surface area contributed by atoms with Crippen molar-refractivity contribution < 1.29 is 0 Å². The smallest absolute Gasteiger partial charge is 0.0255 e. The predicted molar refractivity (Wildman–Crippen MR) is 58.7 cm³/mol. The van der Waals surface area contributed by atoms with E-state index in [1.54, 1.807) is 0 Å². The van der Waals surface area contributed by atoms with Crippen LogP contribution in [0.15, 0.2) is 0 Å². The number of nitrogens with one attached hydrogen (secondary N) is 2. The maximum atomic E-state index is 3.57. The molecule has 4 heteroatoms. The summed E-state index contributed by atoms with van der Waals surface area (Å²) in [5.74, 6) is 0. The van der Waals surface area contributed by atoms with Gasteiger partial charge in [-0.2, -0.15) is 0 Å². The number of rotatable bonds is 0. The molecule has 0 saturated carbocycles. The Morgan fingerprint density at radius 2 is 1.17 bits per heavy atom. The van der Waals surface area contributed by atoms with Crippen molar-refractivity contribution in [1.29, 1.82) is 0 Å². The number of hydrogen-bond acceptors (Lipinski definition) is 2. The van der Waals surface area contributed by atoms with Gasteiger partial charge in [-0.05, 0) is 27.7 Å². The summed E-state index contributed by atoms with van der Waals surface area (Å²) in [6.07, 6.45) is 0. The molecule has 1 rings (SSSR count). The Bertz CT molecular complexity index is 121. The van der Waals surface area contributed by atoms with Gasteiger partial charge in [0.2, 0.25) is 0 Å². The van der Waals surface area contributed by atoms with Gasteiger partial charge in [0.1, 0.15) is 0 Å². The molecule has 0 bridgehead atoms. The summed E-state index contributed by atoms with van der Waals surface area (Å²) >= 11 is 0. The highest BCUT2D eigenvalue weighted by molar-refractivity contribution is 5.85. The van der Waals surface area contributed by atoms with Crippen molar-refractivity contribution in [3.63, 3.8) is 0 Å². The molecule has 0 atom stereocenters. The summed E-state index contributed by atoms with van der Waals surface area (Å²) in [6, 6.07) is 0. The van der Waals surface area contributed by atoms with Crippen LogP contribution in [0.25, 0.3) is 0 Å². The Kier molecular flexibility index (Phi) is 5.82. The zero-order chi connectivity index (χ0) is 7.83. The molecule has 0 amide bonds. The van der Waals surface area contributed by atoms with Crippen molar-refractivity contribution in [3.8, 4) is 0 Å². The second-order valence-electron chi connectivity index (χ2n) is 4.50. The monoisotopic (exact) mass is 214 g/mol. The van der Waals surface area contributed by atoms with Crippen LogP contribution in [0.1, 0.15) is 27.7 Å². The maximum Gasteiger partial charge on any atom is 0.0255 e. The summed E-state index contributed by atoms with van der Waals surface area (Å²) in [4.78, 5) is 0. The van der Waals surface area contributed by atoms with E-state index < -0.39 is 0 Å². The predicted octanol–water partition coefficient (Wildman–Crippen LogP) is 1.58. The maximum absolute atomic E-state index is 3.57. The quantitative estimate of drug-likeness (QED) is 0.641. The number of hydrogen-bond donors (Lipinski definition) is 2. The van der Waals surface area contributed by atoms with E-state index in [1.165, 1.54) is 0 Å². The molecule has 2 nitrogen and oxygen atoms in total. The van der Waals surface area contributed by atoms with E-state index in [-0.39, 0.29) is 35.9 Å². The van der Waals surface area contributed by atoms with E-state index in [0.29, 0.717) is 0 Å². The average Bonchev–Trinajstić information content (AvgIpc) is 1.56. The van der Waals surface area contributed by atoms with E-state index in [2.05, 4.69) is 38.3 Å². The fourth-order valence-corrected chi connectivity index (χ4v) is 1.69. The molecule has 0 aromatic rings. The summed E-state index contributed by atoms with van der Waals surface area (Å²) < 4.78 is 0. The van der Waals surface area contributed by atoms with Gasteiger partial charge in [0.25, 0.3) is 0 Å². The van der Waals surface area contributed by atoms with E-state index in [0.717, 1.165) is 13.1 Å². The third-order valence-electron chi connectivity index (χ3n) is 1.81. The first-order valence-electron chi connectivity index (χ1n) is 3.91. The van der Waals surface area contributed by atoms with Crippen molar-refractivity contribution in [2.24, 2.45) is 0 Å². The van der Waals surface area contributed by atoms with Crippen LogP contribution in [-0.4, -0.2) is 24.2 Å². The summed E-state index contributed by atoms with van der Waals surface area (Å²) in [7, 11) is 0. The average molecular weight is 215 g/mol. The lowest BCUT2D eigenvalue weighted by Crippen LogP contribution is -2.65. The molecule has 1 heterocycles. The minimum atomic E-state index is 0. The topological polar surface area (TPSA) is 24.1 Å². The first-order valence-corrected chi connectivity index (χ1v) is 3.91. The molecular formula is C8H20Cl2N2. The molecule has 1 aliphatic heterocycles. The Hall–Kier alpha value is 0.500. The van der Waals surface area contributed by atoms with Gasteiger partial charge in [0.15, 0.2) is 0 Å². The van der Waals surface area contributed by atoms with Crippen LogP contribution < -0.4 is 10.6 Å². The normalized spacial score (nSPS) is 25.0. The van der Waals surface area contributed by atoms with Gasteiger partial charge in [-0.15, -0.1) is 24.8 Å². The molecule has 0 radical (unpaired) electrons. The van der Waals surface area contributed by atoms with E-state index in [4.69, 9.17) is 0 Å². The van der Waals surface area contributed by atoms with E-state index >= 15 is 0 Å². The number of halogens is 2. The summed E-state index contributed by atoms with van der Waals surface area (Å²) in [5.41, 5.74) is 0.503. The van der Waals surface area contributed by atoms with Gasteiger partial charge in [0.05, 0.1) is 0 Å². The molecule has 0 aromatic heterocycles. The van der Waals surface area contributed by atoms with Crippen molar-refractivity contribution in [2.75, 3.05) is 13.1 Å². The van der Waals surface area contributed by atoms with Crippen molar-refractivity contribution >= 4 is 24.8 Å². The third kappa shape index (κ3) is 4.51. The van der Waals surface area contributed by atoms with Crippen molar-refractivity contribution in [1.82, 2.24) is 10.6 Å². The minimum absolute atomic E-state index is 0. The molecule has 0 unspecified atom stereocenters.